The number of nitrogens with one attached hydrogen (secondary N) is 1. The van der Waals surface area contributed by atoms with E-state index in [2.05, 4.69) is 5.32 Å². The van der Waals surface area contributed by atoms with Crippen molar-refractivity contribution in [2.45, 2.75) is 31.7 Å². The second-order valence-corrected chi connectivity index (χ2v) is 6.71. The van der Waals surface area contributed by atoms with Crippen LogP contribution in [0.5, 0.6) is 0 Å². The van der Waals surface area contributed by atoms with Crippen LogP contribution in [0.4, 0.5) is 0 Å². The molecule has 19 heavy (non-hydrogen) atoms. The fourth-order valence-corrected chi connectivity index (χ4v) is 4.31. The molecular weight excluding hydrogens is 284 g/mol. The Kier molecular flexibility index (Phi) is 3.36. The van der Waals surface area contributed by atoms with Gasteiger partial charge in [0.2, 0.25) is 5.91 Å². The summed E-state index contributed by atoms with van der Waals surface area (Å²) >= 11 is 4.93. The van der Waals surface area contributed by atoms with Gasteiger partial charge in [-0.15, -0.1) is 0 Å². The van der Waals surface area contributed by atoms with Gasteiger partial charge in [-0.1, -0.05) is 12.1 Å². The molecule has 1 aliphatic heterocycles. The molecule has 0 bridgehead atoms. The molecule has 102 valence electrons. The summed E-state index contributed by atoms with van der Waals surface area (Å²) in [6.45, 7) is 5.04. The van der Waals surface area contributed by atoms with Crippen LogP contribution in [-0.4, -0.2) is 29.8 Å². The number of benzene rings is 1. The molecule has 0 aliphatic carbocycles. The van der Waals surface area contributed by atoms with Crippen molar-refractivity contribution in [1.29, 1.82) is 0 Å². The largest absolute Gasteiger partial charge is 0.300 e. The predicted octanol–water partition coefficient (Wildman–Crippen LogP) is 1.10. The summed E-state index contributed by atoms with van der Waals surface area (Å²) in [7, 11) is -3.81. The Labute approximate surface area is 117 Å². The second-order valence-electron chi connectivity index (χ2n) is 4.54. The van der Waals surface area contributed by atoms with Crippen LogP contribution < -0.4 is 5.32 Å². The van der Waals surface area contributed by atoms with Crippen LogP contribution in [0.25, 0.3) is 0 Å². The smallest absolute Gasteiger partial charge is 0.267 e. The number of hydrogen-bond donors (Lipinski definition) is 1. The maximum Gasteiger partial charge on any atom is 0.267 e. The van der Waals surface area contributed by atoms with Gasteiger partial charge in [-0.25, -0.2) is 12.7 Å². The molecule has 1 aromatic rings. The molecular formula is C12H14N2O3S2. The van der Waals surface area contributed by atoms with E-state index in [-0.39, 0.29) is 10.0 Å². The lowest BCUT2D eigenvalue weighted by Crippen LogP contribution is -2.38. The van der Waals surface area contributed by atoms with E-state index < -0.39 is 22.0 Å². The summed E-state index contributed by atoms with van der Waals surface area (Å²) in [5.41, 5.74) is 1.46. The monoisotopic (exact) mass is 298 g/mol. The fourth-order valence-electron chi connectivity index (χ4n) is 1.96. The molecule has 7 heteroatoms. The Bertz CT molecular complexity index is 668. The highest BCUT2D eigenvalue weighted by atomic mass is 32.2. The molecule has 2 rings (SSSR count). The van der Waals surface area contributed by atoms with Crippen molar-refractivity contribution >= 4 is 33.3 Å². The molecule has 1 amide bonds. The summed E-state index contributed by atoms with van der Waals surface area (Å²) in [6.07, 6.45) is 0. The van der Waals surface area contributed by atoms with E-state index >= 15 is 0 Å². The van der Waals surface area contributed by atoms with E-state index in [4.69, 9.17) is 12.2 Å². The molecule has 5 nitrogen and oxygen atoms in total. The van der Waals surface area contributed by atoms with Crippen LogP contribution in [-0.2, 0) is 14.8 Å². The van der Waals surface area contributed by atoms with Crippen LogP contribution in [0.1, 0.15) is 18.1 Å². The van der Waals surface area contributed by atoms with Gasteiger partial charge in [0.1, 0.15) is 6.04 Å². The Morgan fingerprint density at radius 1 is 1.32 bits per heavy atom. The average Bonchev–Trinajstić information content (AvgIpc) is 2.56. The van der Waals surface area contributed by atoms with Crippen LogP contribution in [0, 0.1) is 13.8 Å². The van der Waals surface area contributed by atoms with Gasteiger partial charge >= 0.3 is 0 Å². The maximum atomic E-state index is 12.6. The first kappa shape index (κ1) is 14.0. The van der Waals surface area contributed by atoms with Gasteiger partial charge in [-0.2, -0.15) is 0 Å². The molecule has 1 unspecified atom stereocenters. The molecule has 1 saturated heterocycles. The first-order valence-corrected chi connectivity index (χ1v) is 7.56. The van der Waals surface area contributed by atoms with Crippen molar-refractivity contribution in [2.75, 3.05) is 0 Å². The van der Waals surface area contributed by atoms with Crippen LogP contribution >= 0.6 is 12.2 Å². The third-order valence-electron chi connectivity index (χ3n) is 3.04. The lowest BCUT2D eigenvalue weighted by atomic mass is 10.2. The third-order valence-corrected chi connectivity index (χ3v) is 5.47. The van der Waals surface area contributed by atoms with Crippen LogP contribution in [0.2, 0.25) is 0 Å². The molecule has 0 radical (unpaired) electrons. The van der Waals surface area contributed by atoms with E-state index in [0.29, 0.717) is 5.56 Å². The molecule has 0 saturated carbocycles. The quantitative estimate of drug-likeness (QED) is 0.830. The van der Waals surface area contributed by atoms with E-state index in [0.717, 1.165) is 9.87 Å². The summed E-state index contributed by atoms with van der Waals surface area (Å²) in [6, 6.07) is 4.34. The first-order valence-electron chi connectivity index (χ1n) is 5.71. The number of thiocarbonyl (C=S) groups is 1. The summed E-state index contributed by atoms with van der Waals surface area (Å²) < 4.78 is 26.2. The molecule has 1 atom stereocenters. The van der Waals surface area contributed by atoms with Crippen molar-refractivity contribution in [2.24, 2.45) is 0 Å². The second kappa shape index (κ2) is 4.57. The number of aryl methyl sites for hydroxylation is 2. The fraction of sp³-hybridized carbons (Fsp3) is 0.333. The topological polar surface area (TPSA) is 66.5 Å². The van der Waals surface area contributed by atoms with E-state index in [1.165, 1.54) is 6.92 Å². The van der Waals surface area contributed by atoms with Crippen molar-refractivity contribution in [3.63, 3.8) is 0 Å². The summed E-state index contributed by atoms with van der Waals surface area (Å²) in [5, 5.41) is 2.29. The van der Waals surface area contributed by atoms with Crippen molar-refractivity contribution < 1.29 is 13.2 Å². The number of amides is 1. The predicted molar refractivity (Wildman–Crippen MR) is 75.1 cm³/mol. The Hall–Kier alpha value is -1.47. The number of carbonyl (C=O) groups excluding carboxylic acids is 1. The Morgan fingerprint density at radius 3 is 2.47 bits per heavy atom. The number of hydrogen-bond acceptors (Lipinski definition) is 4. The number of carbonyl (C=O) groups is 1. The molecule has 0 aromatic heterocycles. The van der Waals surface area contributed by atoms with E-state index in [1.54, 1.807) is 19.1 Å². The van der Waals surface area contributed by atoms with Crippen molar-refractivity contribution in [3.8, 4) is 0 Å². The molecule has 1 fully saturated rings. The zero-order valence-electron chi connectivity index (χ0n) is 10.8. The number of rotatable bonds is 2. The van der Waals surface area contributed by atoms with Crippen LogP contribution in [0.15, 0.2) is 23.1 Å². The molecule has 1 aromatic carbocycles. The highest BCUT2D eigenvalue weighted by Crippen LogP contribution is 2.25. The van der Waals surface area contributed by atoms with Gasteiger partial charge in [0.05, 0.1) is 4.90 Å². The highest BCUT2D eigenvalue weighted by Gasteiger charge is 2.41. The van der Waals surface area contributed by atoms with E-state index in [1.807, 2.05) is 13.0 Å². The third kappa shape index (κ3) is 2.23. The minimum absolute atomic E-state index is 0.0709. The molecule has 1 heterocycles. The average molecular weight is 298 g/mol. The van der Waals surface area contributed by atoms with Gasteiger partial charge < -0.3 is 5.32 Å². The molecule has 1 aliphatic rings. The normalized spacial score (nSPS) is 19.7. The zero-order chi connectivity index (χ0) is 14.4. The summed E-state index contributed by atoms with van der Waals surface area (Å²) in [4.78, 5) is 11.7. The SMILES string of the molecule is Cc1ccc(C)c(S(=O)(=O)N2C(=S)NC(=O)C2C)c1. The minimum atomic E-state index is -3.81. The molecule has 0 spiro atoms. The van der Waals surface area contributed by atoms with Gasteiger partial charge in [-0.3, -0.25) is 4.79 Å². The maximum absolute atomic E-state index is 12.6. The minimum Gasteiger partial charge on any atom is -0.300 e. The summed E-state index contributed by atoms with van der Waals surface area (Å²) in [5.74, 6) is -0.404. The van der Waals surface area contributed by atoms with Crippen LogP contribution in [0.3, 0.4) is 0 Å². The standard InChI is InChI=1S/C12H14N2O3S2/c1-7-4-5-8(2)10(6-7)19(16,17)14-9(3)11(15)13-12(14)18/h4-6,9H,1-3H3,(H,13,15,18). The first-order chi connectivity index (χ1) is 8.75. The Morgan fingerprint density at radius 2 is 1.95 bits per heavy atom. The Balaban J connectivity index is 2.57. The lowest BCUT2D eigenvalue weighted by Gasteiger charge is -2.21. The van der Waals surface area contributed by atoms with Gasteiger partial charge in [0.15, 0.2) is 5.11 Å². The van der Waals surface area contributed by atoms with Crippen molar-refractivity contribution in [1.82, 2.24) is 9.62 Å². The lowest BCUT2D eigenvalue weighted by molar-refractivity contribution is -0.120. The van der Waals surface area contributed by atoms with Crippen molar-refractivity contribution in [3.05, 3.63) is 29.3 Å². The van der Waals surface area contributed by atoms with E-state index in [9.17, 15) is 13.2 Å². The zero-order valence-corrected chi connectivity index (χ0v) is 12.4. The highest BCUT2D eigenvalue weighted by molar-refractivity contribution is 7.91. The van der Waals surface area contributed by atoms with Gasteiger partial charge in [-0.05, 0) is 50.2 Å². The number of sulfonamides is 1. The molecule has 1 N–H and O–H groups in total. The number of nitrogens with zero attached hydrogens (tertiary/aromatic N) is 1. The van der Waals surface area contributed by atoms with Gasteiger partial charge in [0.25, 0.3) is 10.0 Å². The van der Waals surface area contributed by atoms with Gasteiger partial charge in [0, 0.05) is 0 Å².